The van der Waals surface area contributed by atoms with Crippen LogP contribution in [0.15, 0.2) is 77.9 Å². The predicted molar refractivity (Wildman–Crippen MR) is 104 cm³/mol. The Morgan fingerprint density at radius 1 is 0.931 bits per heavy atom. The number of carbonyl (C=O) groups is 2. The SMILES string of the molecule is O=C(NO)c1ccc(C(=O)N/N=C/c2ccc(F)c(Oc3ccccc3)c2)cc1. The molecule has 3 aromatic rings. The molecule has 29 heavy (non-hydrogen) atoms. The lowest BCUT2D eigenvalue weighted by molar-refractivity contribution is 0.0706. The molecule has 0 bridgehead atoms. The second-order valence-electron chi connectivity index (χ2n) is 5.82. The second-order valence-corrected chi connectivity index (χ2v) is 5.82. The first-order valence-electron chi connectivity index (χ1n) is 8.47. The molecule has 3 N–H and O–H groups in total. The standard InChI is InChI=1S/C21H16FN3O4/c22-18-11-6-14(12-19(18)29-17-4-2-1-3-5-17)13-23-24-20(26)15-7-9-16(10-8-15)21(27)25-28/h1-13,28H,(H,24,26)(H,25,27)/b23-13+. The number of halogens is 1. The van der Waals surface area contributed by atoms with Crippen LogP contribution in [0, 0.1) is 5.82 Å². The molecule has 0 unspecified atom stereocenters. The number of hydrogen-bond acceptors (Lipinski definition) is 5. The average molecular weight is 393 g/mol. The van der Waals surface area contributed by atoms with Gasteiger partial charge in [0.1, 0.15) is 5.75 Å². The smallest absolute Gasteiger partial charge is 0.274 e. The summed E-state index contributed by atoms with van der Waals surface area (Å²) >= 11 is 0. The second kappa shape index (κ2) is 9.25. The zero-order valence-electron chi connectivity index (χ0n) is 15.0. The summed E-state index contributed by atoms with van der Waals surface area (Å²) in [6.45, 7) is 0. The van der Waals surface area contributed by atoms with Crippen LogP contribution in [0.1, 0.15) is 26.3 Å². The Hall–Kier alpha value is -4.04. The molecule has 8 heteroatoms. The number of benzene rings is 3. The van der Waals surface area contributed by atoms with Gasteiger partial charge in [-0.15, -0.1) is 0 Å². The van der Waals surface area contributed by atoms with Gasteiger partial charge in [0.2, 0.25) is 0 Å². The van der Waals surface area contributed by atoms with Crippen LogP contribution in [0.5, 0.6) is 11.5 Å². The molecule has 0 aliphatic heterocycles. The van der Waals surface area contributed by atoms with Crippen molar-refractivity contribution in [3.63, 3.8) is 0 Å². The highest BCUT2D eigenvalue weighted by molar-refractivity contribution is 5.97. The monoisotopic (exact) mass is 393 g/mol. The minimum absolute atomic E-state index is 0.0317. The van der Waals surface area contributed by atoms with Gasteiger partial charge < -0.3 is 4.74 Å². The third-order valence-electron chi connectivity index (χ3n) is 3.82. The van der Waals surface area contributed by atoms with E-state index in [2.05, 4.69) is 10.5 Å². The van der Waals surface area contributed by atoms with Crippen molar-refractivity contribution in [2.45, 2.75) is 0 Å². The van der Waals surface area contributed by atoms with Crippen molar-refractivity contribution in [3.05, 3.63) is 95.3 Å². The van der Waals surface area contributed by atoms with E-state index >= 15 is 0 Å². The van der Waals surface area contributed by atoms with Crippen LogP contribution in [0.3, 0.4) is 0 Å². The summed E-state index contributed by atoms with van der Waals surface area (Å²) in [6.07, 6.45) is 1.35. The molecular weight excluding hydrogens is 377 g/mol. The zero-order valence-corrected chi connectivity index (χ0v) is 15.0. The number of hydrogen-bond donors (Lipinski definition) is 3. The Labute approximate surface area is 165 Å². The summed E-state index contributed by atoms with van der Waals surface area (Å²) in [4.78, 5) is 23.4. The number of nitrogens with zero attached hydrogens (tertiary/aromatic N) is 1. The minimum Gasteiger partial charge on any atom is -0.454 e. The summed E-state index contributed by atoms with van der Waals surface area (Å²) in [5.74, 6) is -1.18. The van der Waals surface area contributed by atoms with Crippen LogP contribution in [0.2, 0.25) is 0 Å². The van der Waals surface area contributed by atoms with Gasteiger partial charge in [-0.05, 0) is 54.1 Å². The fraction of sp³-hybridized carbons (Fsp3) is 0. The van der Waals surface area contributed by atoms with Crippen LogP contribution in [0.25, 0.3) is 0 Å². The molecule has 0 aliphatic rings. The van der Waals surface area contributed by atoms with E-state index in [0.717, 1.165) is 0 Å². The molecule has 0 heterocycles. The molecule has 0 radical (unpaired) electrons. The van der Waals surface area contributed by atoms with E-state index < -0.39 is 17.6 Å². The van der Waals surface area contributed by atoms with Gasteiger partial charge >= 0.3 is 0 Å². The molecule has 2 amide bonds. The highest BCUT2D eigenvalue weighted by atomic mass is 19.1. The number of hydrazone groups is 1. The van der Waals surface area contributed by atoms with Crippen LogP contribution >= 0.6 is 0 Å². The van der Waals surface area contributed by atoms with Gasteiger partial charge in [-0.25, -0.2) is 15.3 Å². The fourth-order valence-corrected chi connectivity index (χ4v) is 2.36. The Morgan fingerprint density at radius 3 is 2.24 bits per heavy atom. The van der Waals surface area contributed by atoms with Crippen LogP contribution in [-0.2, 0) is 0 Å². The number of carbonyl (C=O) groups excluding carboxylic acids is 2. The summed E-state index contributed by atoms with van der Waals surface area (Å²) in [6, 6.07) is 18.6. The Balaban J connectivity index is 1.64. The highest BCUT2D eigenvalue weighted by Gasteiger charge is 2.08. The van der Waals surface area contributed by atoms with Gasteiger partial charge in [0.05, 0.1) is 6.21 Å². The maximum atomic E-state index is 14.0. The third-order valence-corrected chi connectivity index (χ3v) is 3.82. The first kappa shape index (κ1) is 19.7. The molecule has 3 aromatic carbocycles. The first-order valence-corrected chi connectivity index (χ1v) is 8.47. The van der Waals surface area contributed by atoms with Gasteiger partial charge in [-0.3, -0.25) is 14.8 Å². The first-order chi connectivity index (χ1) is 14.1. The van der Waals surface area contributed by atoms with Crippen molar-refractivity contribution in [2.75, 3.05) is 0 Å². The van der Waals surface area contributed by atoms with Crippen molar-refractivity contribution in [2.24, 2.45) is 5.10 Å². The lowest BCUT2D eigenvalue weighted by Crippen LogP contribution is -2.20. The summed E-state index contributed by atoms with van der Waals surface area (Å²) in [5.41, 5.74) is 4.83. The van der Waals surface area contributed by atoms with Gasteiger partial charge in [0, 0.05) is 11.1 Å². The average Bonchev–Trinajstić information content (AvgIpc) is 2.76. The maximum absolute atomic E-state index is 14.0. The normalized spacial score (nSPS) is 10.6. The Kier molecular flexibility index (Phi) is 6.29. The summed E-state index contributed by atoms with van der Waals surface area (Å²) in [7, 11) is 0. The molecule has 0 saturated heterocycles. The maximum Gasteiger partial charge on any atom is 0.274 e. The van der Waals surface area contributed by atoms with E-state index in [0.29, 0.717) is 11.3 Å². The number of amides is 2. The third kappa shape index (κ3) is 5.24. The molecule has 0 spiro atoms. The van der Waals surface area contributed by atoms with Crippen LogP contribution in [0.4, 0.5) is 4.39 Å². The van der Waals surface area contributed by atoms with E-state index in [9.17, 15) is 14.0 Å². The van der Waals surface area contributed by atoms with Crippen molar-refractivity contribution < 1.29 is 23.9 Å². The van der Waals surface area contributed by atoms with Gasteiger partial charge in [-0.1, -0.05) is 24.3 Å². The Bertz CT molecular complexity index is 1040. The topological polar surface area (TPSA) is 100 Å². The van der Waals surface area contributed by atoms with E-state index in [4.69, 9.17) is 9.94 Å². The molecule has 0 fully saturated rings. The lowest BCUT2D eigenvalue weighted by atomic mass is 10.1. The van der Waals surface area contributed by atoms with Crippen LogP contribution in [-0.4, -0.2) is 23.2 Å². The van der Waals surface area contributed by atoms with Gasteiger partial charge in [0.25, 0.3) is 11.8 Å². The van der Waals surface area contributed by atoms with E-state index in [1.54, 1.807) is 24.3 Å². The van der Waals surface area contributed by atoms with Gasteiger partial charge in [-0.2, -0.15) is 5.10 Å². The van der Waals surface area contributed by atoms with Crippen molar-refractivity contribution in [1.82, 2.24) is 10.9 Å². The molecule has 0 aliphatic carbocycles. The molecule has 0 aromatic heterocycles. The number of nitrogens with one attached hydrogen (secondary N) is 2. The number of hydroxylamine groups is 1. The molecule has 3 rings (SSSR count). The number of para-hydroxylation sites is 1. The highest BCUT2D eigenvalue weighted by Crippen LogP contribution is 2.24. The lowest BCUT2D eigenvalue weighted by Gasteiger charge is -2.07. The van der Waals surface area contributed by atoms with E-state index in [1.165, 1.54) is 54.2 Å². The fourth-order valence-electron chi connectivity index (χ4n) is 2.36. The summed E-state index contributed by atoms with van der Waals surface area (Å²) in [5, 5.41) is 12.4. The quantitative estimate of drug-likeness (QED) is 0.339. The zero-order chi connectivity index (χ0) is 20.6. The van der Waals surface area contributed by atoms with E-state index in [-0.39, 0.29) is 16.9 Å². The van der Waals surface area contributed by atoms with Crippen molar-refractivity contribution in [3.8, 4) is 11.5 Å². The van der Waals surface area contributed by atoms with Crippen LogP contribution < -0.4 is 15.6 Å². The molecule has 0 saturated carbocycles. The van der Waals surface area contributed by atoms with E-state index in [1.807, 2.05) is 6.07 Å². The number of ether oxygens (including phenoxy) is 1. The minimum atomic E-state index is -0.681. The molecule has 7 nitrogen and oxygen atoms in total. The molecule has 146 valence electrons. The van der Waals surface area contributed by atoms with Gasteiger partial charge in [0.15, 0.2) is 11.6 Å². The number of rotatable bonds is 6. The Morgan fingerprint density at radius 2 is 1.59 bits per heavy atom. The predicted octanol–water partition coefficient (Wildman–Crippen LogP) is 3.50. The molecule has 0 atom stereocenters. The van der Waals surface area contributed by atoms with Crippen molar-refractivity contribution in [1.29, 1.82) is 0 Å². The largest absolute Gasteiger partial charge is 0.454 e. The molecular formula is C21H16FN3O4. The van der Waals surface area contributed by atoms with Crippen molar-refractivity contribution >= 4 is 18.0 Å². The summed E-state index contributed by atoms with van der Waals surface area (Å²) < 4.78 is 19.5.